The second-order valence-corrected chi connectivity index (χ2v) is 4.98. The SMILES string of the molecule is Fc1cc(Cl)c(C(Cl)c2ccc(Cl)cc2)cc1F. The van der Waals surface area contributed by atoms with Gasteiger partial charge < -0.3 is 0 Å². The van der Waals surface area contributed by atoms with Gasteiger partial charge in [0.05, 0.1) is 5.38 Å². The van der Waals surface area contributed by atoms with Crippen LogP contribution >= 0.6 is 34.8 Å². The highest BCUT2D eigenvalue weighted by atomic mass is 35.5. The summed E-state index contributed by atoms with van der Waals surface area (Å²) in [6.45, 7) is 0. The van der Waals surface area contributed by atoms with Crippen LogP contribution in [-0.4, -0.2) is 0 Å². The van der Waals surface area contributed by atoms with Crippen LogP contribution < -0.4 is 0 Å². The van der Waals surface area contributed by atoms with Gasteiger partial charge in [-0.3, -0.25) is 0 Å². The normalized spacial score (nSPS) is 12.5. The van der Waals surface area contributed by atoms with Crippen molar-refractivity contribution in [3.05, 3.63) is 69.2 Å². The summed E-state index contributed by atoms with van der Waals surface area (Å²) >= 11 is 17.8. The lowest BCUT2D eigenvalue weighted by atomic mass is 10.0. The largest absolute Gasteiger partial charge is 0.204 e. The molecule has 0 amide bonds. The molecule has 2 aromatic rings. The first-order valence-corrected chi connectivity index (χ1v) is 6.22. The average molecular weight is 308 g/mol. The molecule has 2 aromatic carbocycles. The lowest BCUT2D eigenvalue weighted by molar-refractivity contribution is 0.507. The Kier molecular flexibility index (Phi) is 4.10. The topological polar surface area (TPSA) is 0 Å². The number of rotatable bonds is 2. The summed E-state index contributed by atoms with van der Waals surface area (Å²) in [5.74, 6) is -1.97. The molecule has 0 aliphatic carbocycles. The molecule has 0 saturated carbocycles. The summed E-state index contributed by atoms with van der Waals surface area (Å²) in [5, 5.41) is -0.00674. The van der Waals surface area contributed by atoms with Crippen LogP contribution in [0.5, 0.6) is 0 Å². The molecule has 0 aromatic heterocycles. The van der Waals surface area contributed by atoms with E-state index in [4.69, 9.17) is 34.8 Å². The predicted molar refractivity (Wildman–Crippen MR) is 70.5 cm³/mol. The number of hydrogen-bond acceptors (Lipinski definition) is 0. The van der Waals surface area contributed by atoms with Crippen LogP contribution in [0.15, 0.2) is 36.4 Å². The minimum absolute atomic E-state index is 0.0869. The van der Waals surface area contributed by atoms with Gasteiger partial charge in [0.2, 0.25) is 0 Å². The van der Waals surface area contributed by atoms with Gasteiger partial charge in [-0.15, -0.1) is 11.6 Å². The Labute approximate surface area is 118 Å². The van der Waals surface area contributed by atoms with Crippen LogP contribution in [0.1, 0.15) is 16.5 Å². The molecule has 0 aliphatic rings. The van der Waals surface area contributed by atoms with Gasteiger partial charge in [0.1, 0.15) is 0 Å². The maximum atomic E-state index is 13.2. The Bertz CT molecular complexity index is 567. The van der Waals surface area contributed by atoms with Crippen molar-refractivity contribution in [3.8, 4) is 0 Å². The quantitative estimate of drug-likeness (QED) is 0.500. The molecule has 1 unspecified atom stereocenters. The van der Waals surface area contributed by atoms with Crippen molar-refractivity contribution in [3.63, 3.8) is 0 Å². The van der Waals surface area contributed by atoms with E-state index in [1.54, 1.807) is 24.3 Å². The van der Waals surface area contributed by atoms with Gasteiger partial charge in [-0.05, 0) is 35.4 Å². The van der Waals surface area contributed by atoms with E-state index in [9.17, 15) is 8.78 Å². The van der Waals surface area contributed by atoms with Crippen molar-refractivity contribution in [1.29, 1.82) is 0 Å². The van der Waals surface area contributed by atoms with Gasteiger partial charge in [0.25, 0.3) is 0 Å². The first-order valence-electron chi connectivity index (χ1n) is 5.03. The second kappa shape index (κ2) is 5.43. The molecular formula is C13H7Cl3F2. The molecule has 0 spiro atoms. The van der Waals surface area contributed by atoms with E-state index in [-0.39, 0.29) is 5.02 Å². The Hall–Kier alpha value is -0.830. The fourth-order valence-corrected chi connectivity index (χ4v) is 2.31. The van der Waals surface area contributed by atoms with Crippen molar-refractivity contribution in [2.75, 3.05) is 0 Å². The standard InChI is InChI=1S/C13H7Cl3F2/c14-8-3-1-7(2-4-8)13(16)9-5-11(17)12(18)6-10(9)15/h1-6,13H. The van der Waals surface area contributed by atoms with Crippen molar-refractivity contribution < 1.29 is 8.78 Å². The summed E-state index contributed by atoms with van der Waals surface area (Å²) in [7, 11) is 0. The molecule has 0 heterocycles. The molecule has 2 rings (SSSR count). The molecule has 0 aliphatic heterocycles. The smallest absolute Gasteiger partial charge is 0.160 e. The van der Waals surface area contributed by atoms with E-state index >= 15 is 0 Å². The zero-order valence-corrected chi connectivity index (χ0v) is 11.2. The summed E-state index contributed by atoms with van der Waals surface area (Å²) in [6.07, 6.45) is 0. The highest BCUT2D eigenvalue weighted by Gasteiger charge is 2.17. The maximum Gasteiger partial charge on any atom is 0.160 e. The molecule has 5 heteroatoms. The Balaban J connectivity index is 2.42. The van der Waals surface area contributed by atoms with Crippen LogP contribution in [0.3, 0.4) is 0 Å². The molecule has 0 nitrogen and oxygen atoms in total. The monoisotopic (exact) mass is 306 g/mol. The van der Waals surface area contributed by atoms with Crippen LogP contribution in [0, 0.1) is 11.6 Å². The minimum Gasteiger partial charge on any atom is -0.204 e. The van der Waals surface area contributed by atoms with Crippen LogP contribution in [0.25, 0.3) is 0 Å². The molecule has 0 bridgehead atoms. The second-order valence-electron chi connectivity index (χ2n) is 3.70. The van der Waals surface area contributed by atoms with E-state index in [1.807, 2.05) is 0 Å². The first-order chi connectivity index (χ1) is 8.49. The average Bonchev–Trinajstić information content (AvgIpc) is 2.34. The third-order valence-electron chi connectivity index (χ3n) is 2.48. The molecule has 94 valence electrons. The van der Waals surface area contributed by atoms with Gasteiger partial charge in [0, 0.05) is 10.0 Å². The summed E-state index contributed by atoms with van der Waals surface area (Å²) < 4.78 is 26.1. The lowest BCUT2D eigenvalue weighted by Crippen LogP contribution is -1.97. The van der Waals surface area contributed by atoms with Crippen molar-refractivity contribution >= 4 is 34.8 Å². The zero-order valence-electron chi connectivity index (χ0n) is 8.93. The molecule has 0 fully saturated rings. The molecule has 0 N–H and O–H groups in total. The van der Waals surface area contributed by atoms with Crippen LogP contribution in [0.2, 0.25) is 10.0 Å². The van der Waals surface area contributed by atoms with Crippen molar-refractivity contribution in [2.45, 2.75) is 5.38 Å². The number of benzene rings is 2. The van der Waals surface area contributed by atoms with Gasteiger partial charge in [-0.25, -0.2) is 8.78 Å². The van der Waals surface area contributed by atoms with Crippen LogP contribution in [-0.2, 0) is 0 Å². The Morgan fingerprint density at radius 3 is 2.06 bits per heavy atom. The van der Waals surface area contributed by atoms with E-state index < -0.39 is 17.0 Å². The van der Waals surface area contributed by atoms with Crippen LogP contribution in [0.4, 0.5) is 8.78 Å². The number of halogens is 5. The predicted octanol–water partition coefficient (Wildman–Crippen LogP) is 5.60. The van der Waals surface area contributed by atoms with E-state index in [2.05, 4.69) is 0 Å². The van der Waals surface area contributed by atoms with E-state index in [0.717, 1.165) is 12.1 Å². The van der Waals surface area contributed by atoms with Gasteiger partial charge >= 0.3 is 0 Å². The van der Waals surface area contributed by atoms with Crippen molar-refractivity contribution in [1.82, 2.24) is 0 Å². The Morgan fingerprint density at radius 2 is 1.44 bits per heavy atom. The highest BCUT2D eigenvalue weighted by molar-refractivity contribution is 6.33. The van der Waals surface area contributed by atoms with Crippen molar-refractivity contribution in [2.24, 2.45) is 0 Å². The summed E-state index contributed by atoms with van der Waals surface area (Å²) in [5.41, 5.74) is 1.02. The first kappa shape index (κ1) is 13.6. The van der Waals surface area contributed by atoms with Gasteiger partial charge in [0.15, 0.2) is 11.6 Å². The minimum atomic E-state index is -0.997. The van der Waals surface area contributed by atoms with E-state index in [1.165, 1.54) is 0 Å². The molecule has 1 atom stereocenters. The highest BCUT2D eigenvalue weighted by Crippen LogP contribution is 2.35. The van der Waals surface area contributed by atoms with Gasteiger partial charge in [-0.1, -0.05) is 35.3 Å². The third-order valence-corrected chi connectivity index (χ3v) is 3.54. The zero-order chi connectivity index (χ0) is 13.3. The fourth-order valence-electron chi connectivity index (χ4n) is 1.54. The molecule has 0 saturated heterocycles. The Morgan fingerprint density at radius 1 is 0.889 bits per heavy atom. The summed E-state index contributed by atoms with van der Waals surface area (Å²) in [6, 6.07) is 8.66. The van der Waals surface area contributed by atoms with Gasteiger partial charge in [-0.2, -0.15) is 0 Å². The number of hydrogen-bond donors (Lipinski definition) is 0. The molecule has 18 heavy (non-hydrogen) atoms. The number of alkyl halides is 1. The third kappa shape index (κ3) is 2.77. The summed E-state index contributed by atoms with van der Waals surface area (Å²) in [4.78, 5) is 0. The maximum absolute atomic E-state index is 13.2. The lowest BCUT2D eigenvalue weighted by Gasteiger charge is -2.12. The molecular weight excluding hydrogens is 300 g/mol. The fraction of sp³-hybridized carbons (Fsp3) is 0.0769. The molecule has 0 radical (unpaired) electrons. The van der Waals surface area contributed by atoms with E-state index in [0.29, 0.717) is 16.1 Å².